The van der Waals surface area contributed by atoms with Crippen LogP contribution in [0, 0.1) is 6.92 Å². The van der Waals surface area contributed by atoms with Crippen molar-refractivity contribution >= 4 is 46.6 Å². The number of nitrogens with one attached hydrogen (secondary N) is 1. The summed E-state index contributed by atoms with van der Waals surface area (Å²) < 4.78 is 1.96. The first-order valence-electron chi connectivity index (χ1n) is 9.32. The van der Waals surface area contributed by atoms with Gasteiger partial charge in [0.05, 0.1) is 22.5 Å². The van der Waals surface area contributed by atoms with Gasteiger partial charge in [0.25, 0.3) is 0 Å². The van der Waals surface area contributed by atoms with E-state index >= 15 is 0 Å². The van der Waals surface area contributed by atoms with Gasteiger partial charge in [-0.25, -0.2) is 0 Å². The van der Waals surface area contributed by atoms with Crippen LogP contribution >= 0.6 is 35.0 Å². The number of anilines is 1. The van der Waals surface area contributed by atoms with E-state index in [2.05, 4.69) is 27.3 Å². The molecule has 1 unspecified atom stereocenters. The molecular weight excluding hydrogens is 441 g/mol. The number of carbonyl (C=O) groups is 1. The maximum absolute atomic E-state index is 12.5. The van der Waals surface area contributed by atoms with Gasteiger partial charge in [0.2, 0.25) is 5.91 Å². The van der Waals surface area contributed by atoms with E-state index in [0.29, 0.717) is 20.9 Å². The molecule has 30 heavy (non-hydrogen) atoms. The van der Waals surface area contributed by atoms with Crippen LogP contribution in [0.1, 0.15) is 24.4 Å². The summed E-state index contributed by atoms with van der Waals surface area (Å²) in [6.07, 6.45) is 0. The van der Waals surface area contributed by atoms with Crippen LogP contribution in [-0.4, -0.2) is 45.4 Å². The summed E-state index contributed by atoms with van der Waals surface area (Å²) in [7, 11) is 3.97. The van der Waals surface area contributed by atoms with E-state index in [1.54, 1.807) is 6.07 Å². The van der Waals surface area contributed by atoms with Gasteiger partial charge in [-0.15, -0.1) is 10.2 Å². The first-order chi connectivity index (χ1) is 14.3. The standard InChI is InChI=1S/C21H23Cl2N5OS/c1-13-5-10-18(17(23)11-13)24-19(29)12-30-21-26-25-20(14(2)27(3)4)28(21)16-8-6-15(22)7-9-16/h5-11,14H,12H2,1-4H3,(H,24,29). The lowest BCUT2D eigenvalue weighted by Gasteiger charge is -2.20. The zero-order valence-corrected chi connectivity index (χ0v) is 19.5. The molecule has 1 amide bonds. The lowest BCUT2D eigenvalue weighted by Crippen LogP contribution is -2.21. The van der Waals surface area contributed by atoms with Crippen LogP contribution < -0.4 is 5.32 Å². The molecule has 0 saturated heterocycles. The minimum atomic E-state index is -0.168. The molecule has 3 aromatic rings. The fraction of sp³-hybridized carbons (Fsp3) is 0.286. The van der Waals surface area contributed by atoms with Gasteiger partial charge in [0.1, 0.15) is 0 Å². The molecular formula is C21H23Cl2N5OS. The normalized spacial score (nSPS) is 12.2. The number of thioether (sulfide) groups is 1. The van der Waals surface area contributed by atoms with Crippen molar-refractivity contribution in [3.63, 3.8) is 0 Å². The Morgan fingerprint density at radius 2 is 1.87 bits per heavy atom. The summed E-state index contributed by atoms with van der Waals surface area (Å²) in [4.78, 5) is 14.5. The number of benzene rings is 2. The van der Waals surface area contributed by atoms with Crippen molar-refractivity contribution in [2.45, 2.75) is 25.0 Å². The van der Waals surface area contributed by atoms with Crippen LogP contribution in [0.15, 0.2) is 47.6 Å². The van der Waals surface area contributed by atoms with Crippen LogP contribution in [0.25, 0.3) is 5.69 Å². The molecule has 1 N–H and O–H groups in total. The Morgan fingerprint density at radius 3 is 2.50 bits per heavy atom. The summed E-state index contributed by atoms with van der Waals surface area (Å²) in [6.45, 7) is 4.00. The number of hydrogen-bond donors (Lipinski definition) is 1. The summed E-state index contributed by atoms with van der Waals surface area (Å²) >= 11 is 13.6. The van der Waals surface area contributed by atoms with Gasteiger partial charge in [-0.05, 0) is 69.9 Å². The molecule has 2 aromatic carbocycles. The molecule has 0 radical (unpaired) electrons. The number of aryl methyl sites for hydroxylation is 1. The summed E-state index contributed by atoms with van der Waals surface area (Å²) in [5.74, 6) is 0.789. The molecule has 1 atom stereocenters. The van der Waals surface area contributed by atoms with E-state index in [9.17, 15) is 4.79 Å². The highest BCUT2D eigenvalue weighted by Crippen LogP contribution is 2.28. The van der Waals surface area contributed by atoms with Gasteiger partial charge in [-0.1, -0.05) is 41.0 Å². The Labute approximate surface area is 190 Å². The highest BCUT2D eigenvalue weighted by Gasteiger charge is 2.21. The van der Waals surface area contributed by atoms with E-state index in [0.717, 1.165) is 17.1 Å². The third-order valence-corrected chi connectivity index (χ3v) is 6.12. The highest BCUT2D eigenvalue weighted by atomic mass is 35.5. The van der Waals surface area contributed by atoms with Crippen LogP contribution in [0.4, 0.5) is 5.69 Å². The second kappa shape index (κ2) is 9.83. The minimum absolute atomic E-state index is 0.0303. The largest absolute Gasteiger partial charge is 0.324 e. The van der Waals surface area contributed by atoms with Crippen LogP contribution in [0.3, 0.4) is 0 Å². The first kappa shape index (κ1) is 22.6. The summed E-state index contributed by atoms with van der Waals surface area (Å²) in [5.41, 5.74) is 2.51. The van der Waals surface area contributed by atoms with Gasteiger partial charge in [0.15, 0.2) is 11.0 Å². The van der Waals surface area contributed by atoms with E-state index in [1.165, 1.54) is 11.8 Å². The van der Waals surface area contributed by atoms with E-state index < -0.39 is 0 Å². The average molecular weight is 464 g/mol. The number of halogens is 2. The maximum Gasteiger partial charge on any atom is 0.234 e. The average Bonchev–Trinajstić information content (AvgIpc) is 3.12. The SMILES string of the molecule is Cc1ccc(NC(=O)CSc2nnc(C(C)N(C)C)n2-c2ccc(Cl)cc2)c(Cl)c1. The van der Waals surface area contributed by atoms with Gasteiger partial charge in [-0.3, -0.25) is 14.3 Å². The van der Waals surface area contributed by atoms with Crippen molar-refractivity contribution in [2.75, 3.05) is 25.2 Å². The lowest BCUT2D eigenvalue weighted by molar-refractivity contribution is -0.113. The number of carbonyl (C=O) groups excluding carboxylic acids is 1. The third-order valence-electron chi connectivity index (χ3n) is 4.62. The van der Waals surface area contributed by atoms with Gasteiger partial charge >= 0.3 is 0 Å². The van der Waals surface area contributed by atoms with Crippen molar-refractivity contribution in [1.29, 1.82) is 0 Å². The Morgan fingerprint density at radius 1 is 1.17 bits per heavy atom. The predicted octanol–water partition coefficient (Wildman–Crippen LogP) is 5.24. The minimum Gasteiger partial charge on any atom is -0.324 e. The molecule has 0 aliphatic rings. The quantitative estimate of drug-likeness (QED) is 0.485. The molecule has 0 fully saturated rings. The second-order valence-electron chi connectivity index (χ2n) is 7.11. The molecule has 1 heterocycles. The molecule has 6 nitrogen and oxygen atoms in total. The topological polar surface area (TPSA) is 63.1 Å². The summed E-state index contributed by atoms with van der Waals surface area (Å²) in [5, 5.41) is 13.4. The van der Waals surface area contributed by atoms with Crippen molar-refractivity contribution in [2.24, 2.45) is 0 Å². The number of nitrogens with zero attached hydrogens (tertiary/aromatic N) is 4. The molecule has 3 rings (SSSR count). The third kappa shape index (κ3) is 5.35. The molecule has 9 heteroatoms. The second-order valence-corrected chi connectivity index (χ2v) is 8.90. The molecule has 1 aromatic heterocycles. The number of rotatable bonds is 7. The van der Waals surface area contributed by atoms with Gasteiger partial charge in [-0.2, -0.15) is 0 Å². The van der Waals surface area contributed by atoms with Gasteiger partial charge in [0, 0.05) is 10.7 Å². The van der Waals surface area contributed by atoms with Crippen molar-refractivity contribution in [3.05, 3.63) is 63.9 Å². The predicted molar refractivity (Wildman–Crippen MR) is 124 cm³/mol. The monoisotopic (exact) mass is 463 g/mol. The number of aromatic nitrogens is 3. The zero-order chi connectivity index (χ0) is 21.8. The first-order valence-corrected chi connectivity index (χ1v) is 11.1. The fourth-order valence-electron chi connectivity index (χ4n) is 2.75. The van der Waals surface area contributed by atoms with E-state index in [4.69, 9.17) is 23.2 Å². The Kier molecular flexibility index (Phi) is 7.41. The van der Waals surface area contributed by atoms with Crippen LogP contribution in [-0.2, 0) is 4.79 Å². The molecule has 0 bridgehead atoms. The lowest BCUT2D eigenvalue weighted by atomic mass is 10.2. The van der Waals surface area contributed by atoms with Gasteiger partial charge < -0.3 is 5.32 Å². The molecule has 0 saturated carbocycles. The Bertz CT molecular complexity index is 1040. The smallest absolute Gasteiger partial charge is 0.234 e. The molecule has 0 aliphatic carbocycles. The summed E-state index contributed by atoms with van der Waals surface area (Å²) in [6, 6.07) is 13.0. The zero-order valence-electron chi connectivity index (χ0n) is 17.2. The fourth-order valence-corrected chi connectivity index (χ4v) is 3.91. The molecule has 0 aliphatic heterocycles. The van der Waals surface area contributed by atoms with Crippen LogP contribution in [0.5, 0.6) is 0 Å². The maximum atomic E-state index is 12.5. The molecule has 158 valence electrons. The van der Waals surface area contributed by atoms with Crippen molar-refractivity contribution in [1.82, 2.24) is 19.7 Å². The molecule has 0 spiro atoms. The number of hydrogen-bond acceptors (Lipinski definition) is 5. The Hall–Kier alpha value is -2.06. The van der Waals surface area contributed by atoms with Crippen LogP contribution in [0.2, 0.25) is 10.0 Å². The Balaban J connectivity index is 1.81. The van der Waals surface area contributed by atoms with E-state index in [1.807, 2.05) is 62.0 Å². The van der Waals surface area contributed by atoms with Crippen molar-refractivity contribution < 1.29 is 4.79 Å². The number of amides is 1. The van der Waals surface area contributed by atoms with Crippen molar-refractivity contribution in [3.8, 4) is 5.69 Å². The highest BCUT2D eigenvalue weighted by molar-refractivity contribution is 7.99. The van der Waals surface area contributed by atoms with E-state index in [-0.39, 0.29) is 17.7 Å².